The summed E-state index contributed by atoms with van der Waals surface area (Å²) in [5, 5.41) is 0. The molecule has 0 atom stereocenters. The van der Waals surface area contributed by atoms with Gasteiger partial charge in [0, 0.05) is 23.6 Å². The van der Waals surface area contributed by atoms with Crippen LogP contribution >= 0.6 is 0 Å². The van der Waals surface area contributed by atoms with Crippen molar-refractivity contribution in [3.63, 3.8) is 0 Å². The monoisotopic (exact) mass is 437 g/mol. The van der Waals surface area contributed by atoms with E-state index in [9.17, 15) is 0 Å². The minimum atomic E-state index is 0.927. The van der Waals surface area contributed by atoms with E-state index in [0.29, 0.717) is 0 Å². The molecular formula is C31H23N3. The van der Waals surface area contributed by atoms with E-state index >= 15 is 0 Å². The summed E-state index contributed by atoms with van der Waals surface area (Å²) in [5.41, 5.74) is 10.1. The van der Waals surface area contributed by atoms with Gasteiger partial charge in [0.15, 0.2) is 0 Å². The Morgan fingerprint density at radius 3 is 1.91 bits per heavy atom. The number of aryl methyl sites for hydroxylation is 1. The molecule has 0 saturated carbocycles. The molecule has 34 heavy (non-hydrogen) atoms. The van der Waals surface area contributed by atoms with E-state index in [-0.39, 0.29) is 0 Å². The first-order valence-electron chi connectivity index (χ1n) is 11.4. The lowest BCUT2D eigenvalue weighted by atomic mass is 9.96. The van der Waals surface area contributed by atoms with Crippen molar-refractivity contribution in [2.75, 3.05) is 0 Å². The first kappa shape index (κ1) is 20.1. The van der Waals surface area contributed by atoms with Crippen LogP contribution in [0, 0.1) is 6.92 Å². The van der Waals surface area contributed by atoms with Crippen molar-refractivity contribution in [1.29, 1.82) is 0 Å². The highest BCUT2D eigenvalue weighted by molar-refractivity contribution is 5.86. The molecule has 0 fully saturated rings. The third-order valence-electron chi connectivity index (χ3n) is 6.16. The van der Waals surface area contributed by atoms with Crippen molar-refractivity contribution < 1.29 is 0 Å². The van der Waals surface area contributed by atoms with Crippen molar-refractivity contribution in [2.45, 2.75) is 6.92 Å². The molecule has 2 aromatic heterocycles. The van der Waals surface area contributed by atoms with E-state index in [1.165, 1.54) is 11.1 Å². The molecular weight excluding hydrogens is 414 g/mol. The lowest BCUT2D eigenvalue weighted by molar-refractivity contribution is 1.10. The van der Waals surface area contributed by atoms with Crippen molar-refractivity contribution in [3.8, 4) is 39.3 Å². The number of imidazole rings is 1. The van der Waals surface area contributed by atoms with E-state index in [1.54, 1.807) is 0 Å². The number of nitrogens with zero attached hydrogens (tertiary/aromatic N) is 3. The number of aromatic nitrogens is 3. The number of fused-ring (bicyclic) bond motifs is 1. The zero-order valence-electron chi connectivity index (χ0n) is 18.9. The van der Waals surface area contributed by atoms with Gasteiger partial charge in [0.25, 0.3) is 0 Å². The van der Waals surface area contributed by atoms with Crippen LogP contribution in [0.4, 0.5) is 0 Å². The zero-order chi connectivity index (χ0) is 22.9. The van der Waals surface area contributed by atoms with Crippen LogP contribution < -0.4 is 0 Å². The summed E-state index contributed by atoms with van der Waals surface area (Å²) in [7, 11) is 0. The van der Waals surface area contributed by atoms with Crippen LogP contribution in [0.15, 0.2) is 122 Å². The van der Waals surface area contributed by atoms with Gasteiger partial charge < -0.3 is 0 Å². The molecule has 0 radical (unpaired) electrons. The summed E-state index contributed by atoms with van der Waals surface area (Å²) in [6.07, 6.45) is 3.68. The number of rotatable bonds is 4. The third-order valence-corrected chi connectivity index (χ3v) is 6.16. The predicted octanol–water partition coefficient (Wildman–Crippen LogP) is 7.73. The number of benzene rings is 4. The molecule has 0 aliphatic heterocycles. The molecule has 3 nitrogen and oxygen atoms in total. The summed E-state index contributed by atoms with van der Waals surface area (Å²) >= 11 is 0. The van der Waals surface area contributed by atoms with E-state index in [0.717, 1.165) is 44.8 Å². The molecule has 0 amide bonds. The molecule has 2 heterocycles. The van der Waals surface area contributed by atoms with Crippen LogP contribution in [-0.2, 0) is 0 Å². The van der Waals surface area contributed by atoms with E-state index < -0.39 is 0 Å². The third kappa shape index (κ3) is 3.67. The van der Waals surface area contributed by atoms with Crippen LogP contribution in [-0.4, -0.2) is 14.5 Å². The average molecular weight is 438 g/mol. The minimum Gasteiger partial charge on any atom is -0.292 e. The molecule has 162 valence electrons. The van der Waals surface area contributed by atoms with Crippen LogP contribution in [0.3, 0.4) is 0 Å². The highest BCUT2D eigenvalue weighted by Crippen LogP contribution is 2.35. The highest BCUT2D eigenvalue weighted by Gasteiger charge is 2.16. The lowest BCUT2D eigenvalue weighted by Crippen LogP contribution is -1.98. The zero-order valence-corrected chi connectivity index (χ0v) is 18.9. The molecule has 0 aliphatic carbocycles. The number of para-hydroxylation sites is 3. The maximum absolute atomic E-state index is 5.09. The molecule has 4 aromatic carbocycles. The van der Waals surface area contributed by atoms with Crippen LogP contribution in [0.25, 0.3) is 50.4 Å². The Morgan fingerprint density at radius 2 is 1.18 bits per heavy atom. The van der Waals surface area contributed by atoms with Gasteiger partial charge >= 0.3 is 0 Å². The van der Waals surface area contributed by atoms with Gasteiger partial charge in [0.1, 0.15) is 5.82 Å². The first-order chi connectivity index (χ1) is 16.8. The fourth-order valence-corrected chi connectivity index (χ4v) is 4.44. The van der Waals surface area contributed by atoms with E-state index in [2.05, 4.69) is 114 Å². The Labute approximate surface area is 199 Å². The number of hydrogen-bond acceptors (Lipinski definition) is 2. The van der Waals surface area contributed by atoms with E-state index in [4.69, 9.17) is 4.98 Å². The first-order valence-corrected chi connectivity index (χ1v) is 11.4. The summed E-state index contributed by atoms with van der Waals surface area (Å²) in [6.45, 7) is 2.12. The molecule has 3 heteroatoms. The maximum Gasteiger partial charge on any atom is 0.145 e. The SMILES string of the molecule is Cc1ccc(-c2cc(-c3ccncc3)cc(-c3nc4ccccc4n3-c3ccccc3)c2)cc1. The normalized spacial score (nSPS) is 11.1. The highest BCUT2D eigenvalue weighted by atomic mass is 15.1. The smallest absolute Gasteiger partial charge is 0.145 e. The quantitative estimate of drug-likeness (QED) is 0.282. The second-order valence-electron chi connectivity index (χ2n) is 8.50. The van der Waals surface area contributed by atoms with Gasteiger partial charge in [-0.05, 0) is 83.8 Å². The molecule has 6 aromatic rings. The fourth-order valence-electron chi connectivity index (χ4n) is 4.44. The Bertz CT molecular complexity index is 1580. The number of hydrogen-bond donors (Lipinski definition) is 0. The van der Waals surface area contributed by atoms with Crippen LogP contribution in [0.2, 0.25) is 0 Å². The van der Waals surface area contributed by atoms with E-state index in [1.807, 2.05) is 24.5 Å². The van der Waals surface area contributed by atoms with Gasteiger partial charge in [-0.15, -0.1) is 0 Å². The van der Waals surface area contributed by atoms with Crippen molar-refractivity contribution in [2.24, 2.45) is 0 Å². The average Bonchev–Trinajstić information content (AvgIpc) is 3.30. The van der Waals surface area contributed by atoms with Gasteiger partial charge in [0.2, 0.25) is 0 Å². The molecule has 0 spiro atoms. The van der Waals surface area contributed by atoms with Crippen LogP contribution in [0.1, 0.15) is 5.56 Å². The summed E-state index contributed by atoms with van der Waals surface area (Å²) in [5.74, 6) is 0.927. The van der Waals surface area contributed by atoms with Gasteiger partial charge in [0.05, 0.1) is 11.0 Å². The summed E-state index contributed by atoms with van der Waals surface area (Å²) < 4.78 is 2.25. The Morgan fingerprint density at radius 1 is 0.559 bits per heavy atom. The number of pyridine rings is 1. The van der Waals surface area contributed by atoms with Gasteiger partial charge in [-0.25, -0.2) is 4.98 Å². The Hall–Kier alpha value is -4.50. The Balaban J connectivity index is 1.64. The van der Waals surface area contributed by atoms with Crippen molar-refractivity contribution >= 4 is 11.0 Å². The standard InChI is InChI=1S/C31H23N3/c1-22-11-13-23(14-12-22)25-19-26(24-15-17-32-18-16-24)21-27(20-25)31-33-29-9-5-6-10-30(29)34(31)28-7-3-2-4-8-28/h2-21H,1H3. The summed E-state index contributed by atoms with van der Waals surface area (Å²) in [4.78, 5) is 9.30. The fraction of sp³-hybridized carbons (Fsp3) is 0.0323. The van der Waals surface area contributed by atoms with Crippen molar-refractivity contribution in [3.05, 3.63) is 127 Å². The van der Waals surface area contributed by atoms with Crippen LogP contribution in [0.5, 0.6) is 0 Å². The van der Waals surface area contributed by atoms with Gasteiger partial charge in [-0.1, -0.05) is 60.2 Å². The molecule has 0 aliphatic rings. The lowest BCUT2D eigenvalue weighted by Gasteiger charge is -2.13. The predicted molar refractivity (Wildman–Crippen MR) is 140 cm³/mol. The van der Waals surface area contributed by atoms with Crippen molar-refractivity contribution in [1.82, 2.24) is 14.5 Å². The minimum absolute atomic E-state index is 0.927. The van der Waals surface area contributed by atoms with Gasteiger partial charge in [-0.2, -0.15) is 0 Å². The molecule has 6 rings (SSSR count). The maximum atomic E-state index is 5.09. The summed E-state index contributed by atoms with van der Waals surface area (Å²) in [6, 6.07) is 38.3. The second kappa shape index (κ2) is 8.45. The second-order valence-corrected chi connectivity index (χ2v) is 8.50. The largest absolute Gasteiger partial charge is 0.292 e. The molecule has 0 N–H and O–H groups in total. The Kier molecular flexibility index (Phi) is 5.00. The molecule has 0 bridgehead atoms. The molecule has 0 unspecified atom stereocenters. The molecule has 0 saturated heterocycles. The topological polar surface area (TPSA) is 30.7 Å². The van der Waals surface area contributed by atoms with Gasteiger partial charge in [-0.3, -0.25) is 9.55 Å².